The molecule has 0 atom stereocenters. The summed E-state index contributed by atoms with van der Waals surface area (Å²) >= 11 is 0. The minimum absolute atomic E-state index is 0.0662. The van der Waals surface area contributed by atoms with Gasteiger partial charge in [0, 0.05) is 12.6 Å². The van der Waals surface area contributed by atoms with Gasteiger partial charge < -0.3 is 0 Å². The molecule has 0 aromatic carbocycles. The van der Waals surface area contributed by atoms with Gasteiger partial charge in [-0.15, -0.1) is 0 Å². The summed E-state index contributed by atoms with van der Waals surface area (Å²) in [6, 6.07) is 0. The van der Waals surface area contributed by atoms with Crippen LogP contribution in [0.15, 0.2) is 46.5 Å². The highest BCUT2D eigenvalue weighted by molar-refractivity contribution is 5.64. The summed E-state index contributed by atoms with van der Waals surface area (Å²) in [6.07, 6.45) is 6.09. The molecule has 1 heteroatoms. The van der Waals surface area contributed by atoms with E-state index in [0.717, 1.165) is 11.1 Å². The highest BCUT2D eigenvalue weighted by Gasteiger charge is 2.14. The Morgan fingerprint density at radius 1 is 1.12 bits per heavy atom. The van der Waals surface area contributed by atoms with Crippen molar-refractivity contribution in [2.45, 2.75) is 34.6 Å². The third kappa shape index (κ3) is 5.53. The highest BCUT2D eigenvalue weighted by Crippen LogP contribution is 2.25. The zero-order valence-electron chi connectivity index (χ0n) is 11.4. The molecule has 1 nitrogen and oxygen atoms in total. The standard InChI is InChI=1S/C15H23N/c1-8-12(2)9-13(3)10-14(11-16-7)15(4,5)6/h8-10H,1H2,2-7H3. The predicted molar refractivity (Wildman–Crippen MR) is 74.0 cm³/mol. The number of nitrogens with zero attached hydrogens (tertiary/aromatic N) is 1. The van der Waals surface area contributed by atoms with Crippen molar-refractivity contribution in [1.82, 2.24) is 0 Å². The molecule has 0 aliphatic carbocycles. The van der Waals surface area contributed by atoms with E-state index in [2.05, 4.69) is 57.3 Å². The number of aliphatic imine (C=N–C) groups is 1. The van der Waals surface area contributed by atoms with Gasteiger partial charge in [-0.25, -0.2) is 4.99 Å². The molecule has 0 aliphatic heterocycles. The Morgan fingerprint density at radius 2 is 1.69 bits per heavy atom. The SMILES string of the molecule is C=CC(C)=CC(C)=CC(=C=NC)C(C)(C)C. The van der Waals surface area contributed by atoms with Crippen molar-refractivity contribution < 1.29 is 0 Å². The van der Waals surface area contributed by atoms with E-state index in [0.29, 0.717) is 0 Å². The van der Waals surface area contributed by atoms with Crippen molar-refractivity contribution in [2.75, 3.05) is 7.05 Å². The maximum Gasteiger partial charge on any atom is 0.0372 e. The fourth-order valence-electron chi connectivity index (χ4n) is 1.22. The molecule has 88 valence electrons. The lowest BCUT2D eigenvalue weighted by atomic mass is 9.86. The molecule has 0 amide bonds. The van der Waals surface area contributed by atoms with Crippen LogP contribution in [0, 0.1) is 5.41 Å². The van der Waals surface area contributed by atoms with Gasteiger partial charge in [-0.2, -0.15) is 0 Å². The van der Waals surface area contributed by atoms with Crippen molar-refractivity contribution in [3.05, 3.63) is 41.5 Å². The third-order valence-electron chi connectivity index (χ3n) is 2.19. The molecule has 0 unspecified atom stereocenters. The molecule has 0 N–H and O–H groups in total. The summed E-state index contributed by atoms with van der Waals surface area (Å²) in [7, 11) is 1.75. The van der Waals surface area contributed by atoms with Gasteiger partial charge in [-0.1, -0.05) is 45.1 Å². The van der Waals surface area contributed by atoms with Crippen LogP contribution in [-0.2, 0) is 0 Å². The van der Waals surface area contributed by atoms with Crippen molar-refractivity contribution in [1.29, 1.82) is 0 Å². The van der Waals surface area contributed by atoms with E-state index in [1.165, 1.54) is 5.57 Å². The Balaban J connectivity index is 5.27. The van der Waals surface area contributed by atoms with E-state index < -0.39 is 0 Å². The maximum absolute atomic E-state index is 3.98. The molecule has 0 saturated heterocycles. The van der Waals surface area contributed by atoms with Crippen molar-refractivity contribution >= 4 is 5.87 Å². The summed E-state index contributed by atoms with van der Waals surface area (Å²) in [5, 5.41) is 0. The molecule has 0 spiro atoms. The van der Waals surface area contributed by atoms with E-state index >= 15 is 0 Å². The first-order valence-corrected chi connectivity index (χ1v) is 5.52. The Labute approximate surface area is 100.0 Å². The van der Waals surface area contributed by atoms with Crippen LogP contribution in [0.5, 0.6) is 0 Å². The summed E-state index contributed by atoms with van der Waals surface area (Å²) in [5.41, 5.74) is 3.53. The molecule has 0 fully saturated rings. The first-order chi connectivity index (χ1) is 7.31. The molecule has 0 bridgehead atoms. The molecular formula is C15H23N. The number of rotatable bonds is 3. The summed E-state index contributed by atoms with van der Waals surface area (Å²) in [5.74, 6) is 3.05. The second-order valence-electron chi connectivity index (χ2n) is 4.98. The van der Waals surface area contributed by atoms with Gasteiger partial charge in [-0.3, -0.25) is 0 Å². The minimum Gasteiger partial charge on any atom is -0.246 e. The Kier molecular flexibility index (Phi) is 5.77. The topological polar surface area (TPSA) is 12.4 Å². The van der Waals surface area contributed by atoms with Crippen LogP contribution >= 0.6 is 0 Å². The predicted octanol–water partition coefficient (Wildman–Crippen LogP) is 4.34. The maximum atomic E-state index is 3.98. The lowest BCUT2D eigenvalue weighted by molar-refractivity contribution is 0.522. The lowest BCUT2D eigenvalue weighted by Crippen LogP contribution is -2.08. The van der Waals surface area contributed by atoms with Crippen LogP contribution in [0.3, 0.4) is 0 Å². The van der Waals surface area contributed by atoms with E-state index in [-0.39, 0.29) is 5.41 Å². The molecule has 0 aromatic heterocycles. The normalized spacial score (nSPS) is 13.1. The van der Waals surface area contributed by atoms with Gasteiger partial charge in [0.1, 0.15) is 0 Å². The molecule has 0 saturated carbocycles. The van der Waals surface area contributed by atoms with Crippen LogP contribution in [0.1, 0.15) is 34.6 Å². The third-order valence-corrected chi connectivity index (χ3v) is 2.19. The number of hydrogen-bond acceptors (Lipinski definition) is 1. The first kappa shape index (κ1) is 14.7. The average Bonchev–Trinajstić information content (AvgIpc) is 2.15. The monoisotopic (exact) mass is 217 g/mol. The Morgan fingerprint density at radius 3 is 2.06 bits per heavy atom. The number of hydrogen-bond donors (Lipinski definition) is 0. The molecule has 0 heterocycles. The molecular weight excluding hydrogens is 194 g/mol. The fraction of sp³-hybridized carbons (Fsp3) is 0.467. The van der Waals surface area contributed by atoms with E-state index in [4.69, 9.17) is 0 Å². The van der Waals surface area contributed by atoms with E-state index in [1.807, 2.05) is 13.0 Å². The van der Waals surface area contributed by atoms with Crippen LogP contribution in [0.25, 0.3) is 0 Å². The van der Waals surface area contributed by atoms with Crippen molar-refractivity contribution in [3.63, 3.8) is 0 Å². The van der Waals surface area contributed by atoms with Gasteiger partial charge in [0.25, 0.3) is 0 Å². The minimum atomic E-state index is 0.0662. The zero-order chi connectivity index (χ0) is 12.8. The molecule has 0 rings (SSSR count). The highest BCUT2D eigenvalue weighted by atomic mass is 14.6. The van der Waals surface area contributed by atoms with Crippen LogP contribution < -0.4 is 0 Å². The molecule has 0 aliphatic rings. The van der Waals surface area contributed by atoms with E-state index in [9.17, 15) is 0 Å². The van der Waals surface area contributed by atoms with Crippen LogP contribution in [0.4, 0.5) is 0 Å². The zero-order valence-corrected chi connectivity index (χ0v) is 11.4. The average molecular weight is 217 g/mol. The van der Waals surface area contributed by atoms with Crippen LogP contribution in [-0.4, -0.2) is 12.9 Å². The van der Waals surface area contributed by atoms with Crippen molar-refractivity contribution in [3.8, 4) is 0 Å². The second kappa shape index (κ2) is 6.30. The van der Waals surface area contributed by atoms with Gasteiger partial charge in [0.05, 0.1) is 0 Å². The van der Waals surface area contributed by atoms with Gasteiger partial charge in [0.2, 0.25) is 0 Å². The Bertz CT molecular complexity index is 367. The first-order valence-electron chi connectivity index (χ1n) is 5.52. The summed E-state index contributed by atoms with van der Waals surface area (Å²) < 4.78 is 0. The largest absolute Gasteiger partial charge is 0.246 e. The van der Waals surface area contributed by atoms with Crippen molar-refractivity contribution in [2.24, 2.45) is 10.4 Å². The quantitative estimate of drug-likeness (QED) is 0.492. The smallest absolute Gasteiger partial charge is 0.0372 e. The Hall–Kier alpha value is -1.33. The molecule has 0 radical (unpaired) electrons. The number of allylic oxidation sites excluding steroid dienone is 6. The lowest BCUT2D eigenvalue weighted by Gasteiger charge is -2.18. The fourth-order valence-corrected chi connectivity index (χ4v) is 1.22. The van der Waals surface area contributed by atoms with Crippen LogP contribution in [0.2, 0.25) is 0 Å². The second-order valence-corrected chi connectivity index (χ2v) is 4.98. The van der Waals surface area contributed by atoms with E-state index in [1.54, 1.807) is 7.05 Å². The van der Waals surface area contributed by atoms with Gasteiger partial charge in [0.15, 0.2) is 0 Å². The summed E-state index contributed by atoms with van der Waals surface area (Å²) in [6.45, 7) is 14.3. The van der Waals surface area contributed by atoms with Gasteiger partial charge in [-0.05, 0) is 36.8 Å². The van der Waals surface area contributed by atoms with Gasteiger partial charge >= 0.3 is 0 Å². The summed E-state index contributed by atoms with van der Waals surface area (Å²) in [4.78, 5) is 3.98. The molecule has 0 aromatic rings. The molecule has 16 heavy (non-hydrogen) atoms.